The smallest absolute Gasteiger partial charge is 0.328 e. The van der Waals surface area contributed by atoms with E-state index in [-0.39, 0.29) is 17.5 Å². The van der Waals surface area contributed by atoms with Crippen molar-refractivity contribution in [3.05, 3.63) is 35.9 Å². The number of benzene rings is 1. The van der Waals surface area contributed by atoms with Crippen molar-refractivity contribution < 1.29 is 23.4 Å². The molecule has 2 N–H and O–H groups in total. The zero-order chi connectivity index (χ0) is 15.5. The average Bonchev–Trinajstić information content (AvgIpc) is 2.94. The van der Waals surface area contributed by atoms with E-state index in [0.717, 1.165) is 12.5 Å². The Morgan fingerprint density at radius 1 is 1.33 bits per heavy atom. The van der Waals surface area contributed by atoms with E-state index in [1.54, 1.807) is 12.1 Å². The van der Waals surface area contributed by atoms with E-state index < -0.39 is 16.0 Å². The first-order valence-corrected chi connectivity index (χ1v) is 8.03. The first-order valence-electron chi connectivity index (χ1n) is 6.59. The third-order valence-corrected chi connectivity index (χ3v) is 5.40. The Morgan fingerprint density at radius 3 is 2.57 bits per heavy atom. The zero-order valence-corrected chi connectivity index (χ0v) is 12.2. The molecule has 0 amide bonds. The van der Waals surface area contributed by atoms with Crippen LogP contribution in [0, 0.1) is 0 Å². The summed E-state index contributed by atoms with van der Waals surface area (Å²) in [4.78, 5) is 10.6. The highest BCUT2D eigenvalue weighted by molar-refractivity contribution is 7.89. The average molecular weight is 311 g/mol. The molecule has 6 nitrogen and oxygen atoms in total. The van der Waals surface area contributed by atoms with Gasteiger partial charge in [0.25, 0.3) is 0 Å². The molecule has 0 radical (unpaired) electrons. The molecule has 1 atom stereocenters. The van der Waals surface area contributed by atoms with Gasteiger partial charge in [0.05, 0.1) is 11.5 Å². The van der Waals surface area contributed by atoms with Gasteiger partial charge in [-0.3, -0.25) is 0 Å². The lowest BCUT2D eigenvalue weighted by molar-refractivity contribution is -0.131. The summed E-state index contributed by atoms with van der Waals surface area (Å²) in [6.45, 7) is 0.229. The second-order valence-electron chi connectivity index (χ2n) is 4.83. The van der Waals surface area contributed by atoms with Gasteiger partial charge in [-0.1, -0.05) is 12.1 Å². The van der Waals surface area contributed by atoms with Gasteiger partial charge in [0.2, 0.25) is 10.0 Å². The van der Waals surface area contributed by atoms with Crippen molar-refractivity contribution in [2.45, 2.75) is 23.8 Å². The summed E-state index contributed by atoms with van der Waals surface area (Å²) in [6.07, 6.45) is 3.79. The molecule has 0 aliphatic carbocycles. The summed E-state index contributed by atoms with van der Waals surface area (Å²) >= 11 is 0. The van der Waals surface area contributed by atoms with E-state index in [9.17, 15) is 18.3 Å². The molecule has 21 heavy (non-hydrogen) atoms. The summed E-state index contributed by atoms with van der Waals surface area (Å²) in [5, 5.41) is 17.8. The minimum absolute atomic E-state index is 0.148. The van der Waals surface area contributed by atoms with Gasteiger partial charge in [-0.15, -0.1) is 0 Å². The van der Waals surface area contributed by atoms with Crippen LogP contribution < -0.4 is 0 Å². The Labute approximate surface area is 123 Å². The highest BCUT2D eigenvalue weighted by atomic mass is 32.2. The third-order valence-electron chi connectivity index (χ3n) is 3.44. The maximum absolute atomic E-state index is 12.5. The fourth-order valence-electron chi connectivity index (χ4n) is 2.36. The van der Waals surface area contributed by atoms with Crippen molar-refractivity contribution in [2.75, 3.05) is 13.2 Å². The molecule has 1 aromatic rings. The van der Waals surface area contributed by atoms with Gasteiger partial charge in [-0.05, 0) is 36.6 Å². The highest BCUT2D eigenvalue weighted by Gasteiger charge is 2.34. The number of sulfonamides is 1. The first-order chi connectivity index (χ1) is 9.95. The molecular formula is C14H17NO5S. The van der Waals surface area contributed by atoms with Crippen LogP contribution >= 0.6 is 0 Å². The van der Waals surface area contributed by atoms with Gasteiger partial charge in [0, 0.05) is 18.7 Å². The Bertz CT molecular complexity index is 636. The van der Waals surface area contributed by atoms with E-state index in [1.165, 1.54) is 22.5 Å². The van der Waals surface area contributed by atoms with Crippen molar-refractivity contribution >= 4 is 22.1 Å². The first kappa shape index (κ1) is 15.7. The molecule has 0 bridgehead atoms. The fourth-order valence-corrected chi connectivity index (χ4v) is 4.05. The summed E-state index contributed by atoms with van der Waals surface area (Å²) in [5.74, 6) is -1.06. The number of hydrogen-bond acceptors (Lipinski definition) is 4. The summed E-state index contributed by atoms with van der Waals surface area (Å²) in [7, 11) is -3.62. The van der Waals surface area contributed by atoms with E-state index in [2.05, 4.69) is 0 Å². The number of nitrogens with zero attached hydrogens (tertiary/aromatic N) is 1. The second-order valence-corrected chi connectivity index (χ2v) is 6.73. The molecule has 1 saturated heterocycles. The van der Waals surface area contributed by atoms with Gasteiger partial charge in [-0.2, -0.15) is 4.31 Å². The van der Waals surface area contributed by atoms with Crippen LogP contribution in [0.5, 0.6) is 0 Å². The molecule has 0 aromatic heterocycles. The van der Waals surface area contributed by atoms with Gasteiger partial charge in [-0.25, -0.2) is 13.2 Å². The van der Waals surface area contributed by atoms with Gasteiger partial charge in [0.1, 0.15) is 0 Å². The minimum atomic E-state index is -3.62. The SMILES string of the molecule is O=C(O)C=Cc1ccc(S(=O)(=O)N2CCCC2CO)cc1. The largest absolute Gasteiger partial charge is 0.478 e. The third kappa shape index (κ3) is 3.49. The lowest BCUT2D eigenvalue weighted by atomic mass is 10.2. The van der Waals surface area contributed by atoms with E-state index in [1.807, 2.05) is 0 Å². The molecule has 1 aliphatic heterocycles. The molecule has 1 heterocycles. The van der Waals surface area contributed by atoms with Gasteiger partial charge >= 0.3 is 5.97 Å². The number of aliphatic carboxylic acids is 1. The molecule has 1 fully saturated rings. The molecule has 1 aromatic carbocycles. The fraction of sp³-hybridized carbons (Fsp3) is 0.357. The number of aliphatic hydroxyl groups is 1. The van der Waals surface area contributed by atoms with Crippen LogP contribution in [0.4, 0.5) is 0 Å². The summed E-state index contributed by atoms with van der Waals surface area (Å²) < 4.78 is 26.3. The van der Waals surface area contributed by atoms with Crippen LogP contribution in [0.15, 0.2) is 35.2 Å². The quantitative estimate of drug-likeness (QED) is 0.789. The standard InChI is InChI=1S/C14H17NO5S/c16-10-12-2-1-9-15(12)21(19,20)13-6-3-11(4-7-13)5-8-14(17)18/h3-8,12,16H,1-2,9-10H2,(H,17,18). The number of aliphatic hydroxyl groups excluding tert-OH is 1. The number of carboxylic acids is 1. The Hall–Kier alpha value is -1.70. The van der Waals surface area contributed by atoms with Gasteiger partial charge in [0.15, 0.2) is 0 Å². The Morgan fingerprint density at radius 2 is 2.00 bits per heavy atom. The van der Waals surface area contributed by atoms with Crippen LogP contribution in [-0.2, 0) is 14.8 Å². The van der Waals surface area contributed by atoms with Crippen molar-refractivity contribution in [3.63, 3.8) is 0 Å². The normalized spacial score (nSPS) is 20.1. The lowest BCUT2D eigenvalue weighted by Crippen LogP contribution is -2.37. The molecule has 114 valence electrons. The van der Waals surface area contributed by atoms with Crippen molar-refractivity contribution in [2.24, 2.45) is 0 Å². The lowest BCUT2D eigenvalue weighted by Gasteiger charge is -2.22. The highest BCUT2D eigenvalue weighted by Crippen LogP contribution is 2.26. The predicted octanol–water partition coefficient (Wildman–Crippen LogP) is 0.930. The number of carbonyl (C=O) groups is 1. The number of hydrogen-bond donors (Lipinski definition) is 2. The van der Waals surface area contributed by atoms with Crippen LogP contribution in [0.3, 0.4) is 0 Å². The molecule has 7 heteroatoms. The molecule has 1 unspecified atom stereocenters. The van der Waals surface area contributed by atoms with Crippen LogP contribution in [0.1, 0.15) is 18.4 Å². The van der Waals surface area contributed by atoms with Crippen LogP contribution in [0.2, 0.25) is 0 Å². The van der Waals surface area contributed by atoms with E-state index in [4.69, 9.17) is 5.11 Å². The van der Waals surface area contributed by atoms with E-state index in [0.29, 0.717) is 18.5 Å². The summed E-state index contributed by atoms with van der Waals surface area (Å²) in [5.41, 5.74) is 0.608. The second kappa shape index (κ2) is 6.38. The minimum Gasteiger partial charge on any atom is -0.478 e. The molecule has 2 rings (SSSR count). The summed E-state index contributed by atoms with van der Waals surface area (Å²) in [6, 6.07) is 5.64. The van der Waals surface area contributed by atoms with Crippen LogP contribution in [-0.4, -0.2) is 48.1 Å². The van der Waals surface area contributed by atoms with E-state index >= 15 is 0 Å². The zero-order valence-electron chi connectivity index (χ0n) is 11.3. The monoisotopic (exact) mass is 311 g/mol. The molecule has 0 saturated carbocycles. The number of rotatable bonds is 5. The van der Waals surface area contributed by atoms with Crippen LogP contribution in [0.25, 0.3) is 6.08 Å². The predicted molar refractivity (Wildman–Crippen MR) is 77.1 cm³/mol. The Balaban J connectivity index is 2.23. The molecular weight excluding hydrogens is 294 g/mol. The topological polar surface area (TPSA) is 94.9 Å². The van der Waals surface area contributed by atoms with Crippen molar-refractivity contribution in [1.82, 2.24) is 4.31 Å². The molecule has 0 spiro atoms. The Kier molecular flexibility index (Phi) is 4.76. The van der Waals surface area contributed by atoms with Crippen molar-refractivity contribution in [3.8, 4) is 0 Å². The number of carboxylic acid groups (broad SMARTS) is 1. The maximum Gasteiger partial charge on any atom is 0.328 e. The van der Waals surface area contributed by atoms with Gasteiger partial charge < -0.3 is 10.2 Å². The molecule has 1 aliphatic rings. The maximum atomic E-state index is 12.5. The van der Waals surface area contributed by atoms with Crippen molar-refractivity contribution in [1.29, 1.82) is 0 Å².